The van der Waals surface area contributed by atoms with Crippen LogP contribution in [0.1, 0.15) is 29.2 Å². The van der Waals surface area contributed by atoms with E-state index in [0.29, 0.717) is 18.2 Å². The summed E-state index contributed by atoms with van der Waals surface area (Å²) in [5, 5.41) is 2.78. The van der Waals surface area contributed by atoms with Gasteiger partial charge in [-0.2, -0.15) is 0 Å². The number of hydrogen-bond donors (Lipinski definition) is 2. The molecule has 4 heteroatoms. The van der Waals surface area contributed by atoms with E-state index in [9.17, 15) is 4.79 Å². The van der Waals surface area contributed by atoms with Gasteiger partial charge in [0.15, 0.2) is 5.76 Å². The molecule has 0 bridgehead atoms. The summed E-state index contributed by atoms with van der Waals surface area (Å²) in [5.41, 5.74) is 5.87. The Hall–Kier alpha value is -1.29. The quantitative estimate of drug-likeness (QED) is 0.777. The van der Waals surface area contributed by atoms with Gasteiger partial charge in [-0.15, -0.1) is 0 Å². The molecule has 0 aliphatic heterocycles. The summed E-state index contributed by atoms with van der Waals surface area (Å²) in [5.74, 6) is 1.52. The standard InChI is InChI=1S/C11H16N2O2/c1-7-2-5-10(15-7)11(14)13-6-9(12)8-3-4-8/h2,5,8-9H,3-4,6,12H2,1H3,(H,13,14). The summed E-state index contributed by atoms with van der Waals surface area (Å²) in [6.07, 6.45) is 2.38. The van der Waals surface area contributed by atoms with Crippen LogP contribution in [0.3, 0.4) is 0 Å². The molecule has 3 N–H and O–H groups in total. The van der Waals surface area contributed by atoms with Crippen LogP contribution in [0, 0.1) is 12.8 Å². The summed E-state index contributed by atoms with van der Waals surface area (Å²) in [7, 11) is 0. The predicted octanol–water partition coefficient (Wildman–Crippen LogP) is 1.06. The summed E-state index contributed by atoms with van der Waals surface area (Å²) in [6, 6.07) is 3.54. The minimum absolute atomic E-state index is 0.0880. The number of furan rings is 1. The van der Waals surface area contributed by atoms with Gasteiger partial charge < -0.3 is 15.5 Å². The van der Waals surface area contributed by atoms with E-state index in [2.05, 4.69) is 5.32 Å². The molecule has 15 heavy (non-hydrogen) atoms. The number of amides is 1. The van der Waals surface area contributed by atoms with Crippen molar-refractivity contribution < 1.29 is 9.21 Å². The first-order valence-corrected chi connectivity index (χ1v) is 5.27. The van der Waals surface area contributed by atoms with Crippen molar-refractivity contribution in [1.82, 2.24) is 5.32 Å². The molecule has 0 aromatic carbocycles. The lowest BCUT2D eigenvalue weighted by atomic mass is 10.2. The minimum Gasteiger partial charge on any atom is -0.456 e. The zero-order chi connectivity index (χ0) is 10.8. The highest BCUT2D eigenvalue weighted by Gasteiger charge is 2.28. The molecule has 1 atom stereocenters. The monoisotopic (exact) mass is 208 g/mol. The molecule has 4 nitrogen and oxygen atoms in total. The Morgan fingerprint density at radius 1 is 1.67 bits per heavy atom. The molecule has 1 aromatic rings. The number of hydrogen-bond acceptors (Lipinski definition) is 3. The highest BCUT2D eigenvalue weighted by molar-refractivity contribution is 5.91. The maximum Gasteiger partial charge on any atom is 0.287 e. The van der Waals surface area contributed by atoms with Crippen LogP contribution in [-0.4, -0.2) is 18.5 Å². The van der Waals surface area contributed by atoms with Crippen LogP contribution in [0.2, 0.25) is 0 Å². The number of carbonyl (C=O) groups excluding carboxylic acids is 1. The molecule has 1 aromatic heterocycles. The van der Waals surface area contributed by atoms with Gasteiger partial charge in [-0.25, -0.2) is 0 Å². The van der Waals surface area contributed by atoms with Gasteiger partial charge in [-0.05, 0) is 37.8 Å². The molecule has 1 saturated carbocycles. The third-order valence-electron chi connectivity index (χ3n) is 2.69. The van der Waals surface area contributed by atoms with Crippen molar-refractivity contribution in [2.45, 2.75) is 25.8 Å². The van der Waals surface area contributed by atoms with Crippen LogP contribution in [0.25, 0.3) is 0 Å². The number of aryl methyl sites for hydroxylation is 1. The summed E-state index contributed by atoms with van der Waals surface area (Å²) >= 11 is 0. The Labute approximate surface area is 88.8 Å². The van der Waals surface area contributed by atoms with Crippen molar-refractivity contribution in [3.63, 3.8) is 0 Å². The molecule has 1 fully saturated rings. The van der Waals surface area contributed by atoms with Crippen molar-refractivity contribution in [3.05, 3.63) is 23.7 Å². The largest absolute Gasteiger partial charge is 0.456 e. The molecule has 82 valence electrons. The van der Waals surface area contributed by atoms with Crippen LogP contribution in [-0.2, 0) is 0 Å². The van der Waals surface area contributed by atoms with Gasteiger partial charge in [-0.3, -0.25) is 4.79 Å². The first-order valence-electron chi connectivity index (χ1n) is 5.27. The van der Waals surface area contributed by atoms with Crippen molar-refractivity contribution in [2.75, 3.05) is 6.54 Å². The number of nitrogens with two attached hydrogens (primary N) is 1. The van der Waals surface area contributed by atoms with Gasteiger partial charge in [0.05, 0.1) is 0 Å². The molecule has 1 aliphatic carbocycles. The molecule has 1 amide bonds. The van der Waals surface area contributed by atoms with Crippen LogP contribution < -0.4 is 11.1 Å². The Kier molecular flexibility index (Phi) is 2.77. The SMILES string of the molecule is Cc1ccc(C(=O)NCC(N)C2CC2)o1. The van der Waals surface area contributed by atoms with Crippen LogP contribution in [0.15, 0.2) is 16.5 Å². The third-order valence-corrected chi connectivity index (χ3v) is 2.69. The Morgan fingerprint density at radius 3 is 2.93 bits per heavy atom. The number of nitrogens with one attached hydrogen (secondary N) is 1. The van der Waals surface area contributed by atoms with Gasteiger partial charge >= 0.3 is 0 Å². The predicted molar refractivity (Wildman–Crippen MR) is 56.5 cm³/mol. The average Bonchev–Trinajstić information content (AvgIpc) is 2.97. The van der Waals surface area contributed by atoms with Crippen LogP contribution in [0.4, 0.5) is 0 Å². The maximum atomic E-state index is 11.5. The molecular weight excluding hydrogens is 192 g/mol. The molecule has 2 rings (SSSR count). The second-order valence-electron chi connectivity index (χ2n) is 4.12. The molecule has 0 spiro atoms. The Bertz CT molecular complexity index is 355. The zero-order valence-electron chi connectivity index (χ0n) is 8.82. The fraction of sp³-hybridized carbons (Fsp3) is 0.545. The van der Waals surface area contributed by atoms with Gasteiger partial charge in [-0.1, -0.05) is 0 Å². The van der Waals surface area contributed by atoms with Gasteiger partial charge in [0.25, 0.3) is 5.91 Å². The first kappa shape index (κ1) is 10.2. The topological polar surface area (TPSA) is 68.3 Å². The molecule has 1 unspecified atom stereocenters. The van der Waals surface area contributed by atoms with Gasteiger partial charge in [0.2, 0.25) is 0 Å². The van der Waals surface area contributed by atoms with E-state index in [0.717, 1.165) is 5.76 Å². The lowest BCUT2D eigenvalue weighted by molar-refractivity contribution is 0.0921. The summed E-state index contributed by atoms with van der Waals surface area (Å²) in [4.78, 5) is 11.5. The van der Waals surface area contributed by atoms with Crippen LogP contribution >= 0.6 is 0 Å². The van der Waals surface area contributed by atoms with E-state index in [1.54, 1.807) is 12.1 Å². The van der Waals surface area contributed by atoms with E-state index >= 15 is 0 Å². The molecule has 0 radical (unpaired) electrons. The van der Waals surface area contributed by atoms with E-state index in [1.165, 1.54) is 12.8 Å². The maximum absolute atomic E-state index is 11.5. The average molecular weight is 208 g/mol. The normalized spacial score (nSPS) is 17.5. The van der Waals surface area contributed by atoms with Crippen molar-refractivity contribution in [2.24, 2.45) is 11.7 Å². The van der Waals surface area contributed by atoms with E-state index < -0.39 is 0 Å². The fourth-order valence-electron chi connectivity index (χ4n) is 1.55. The lowest BCUT2D eigenvalue weighted by Gasteiger charge is -2.10. The first-order chi connectivity index (χ1) is 7.16. The smallest absolute Gasteiger partial charge is 0.287 e. The third kappa shape index (κ3) is 2.59. The number of rotatable bonds is 4. The molecule has 1 heterocycles. The zero-order valence-corrected chi connectivity index (χ0v) is 8.82. The minimum atomic E-state index is -0.181. The molecular formula is C11H16N2O2. The highest BCUT2D eigenvalue weighted by Crippen LogP contribution is 2.31. The molecule has 1 aliphatic rings. The van der Waals surface area contributed by atoms with Gasteiger partial charge in [0.1, 0.15) is 5.76 Å². The van der Waals surface area contributed by atoms with Crippen molar-refractivity contribution in [3.8, 4) is 0 Å². The second-order valence-corrected chi connectivity index (χ2v) is 4.12. The summed E-state index contributed by atoms with van der Waals surface area (Å²) < 4.78 is 5.20. The lowest BCUT2D eigenvalue weighted by Crippen LogP contribution is -2.38. The fourth-order valence-corrected chi connectivity index (χ4v) is 1.55. The second kappa shape index (κ2) is 4.06. The summed E-state index contributed by atoms with van der Waals surface area (Å²) in [6.45, 7) is 2.34. The Balaban J connectivity index is 1.81. The van der Waals surface area contributed by atoms with E-state index in [4.69, 9.17) is 10.2 Å². The van der Waals surface area contributed by atoms with Crippen molar-refractivity contribution in [1.29, 1.82) is 0 Å². The highest BCUT2D eigenvalue weighted by atomic mass is 16.3. The van der Waals surface area contributed by atoms with E-state index in [1.807, 2.05) is 6.92 Å². The van der Waals surface area contributed by atoms with E-state index in [-0.39, 0.29) is 11.9 Å². The number of carbonyl (C=O) groups is 1. The molecule has 0 saturated heterocycles. The van der Waals surface area contributed by atoms with Crippen molar-refractivity contribution >= 4 is 5.91 Å². The Morgan fingerprint density at radius 2 is 2.40 bits per heavy atom. The van der Waals surface area contributed by atoms with Crippen LogP contribution in [0.5, 0.6) is 0 Å². The van der Waals surface area contributed by atoms with Gasteiger partial charge in [0, 0.05) is 12.6 Å².